The number of aliphatic carboxylic acids is 1. The molecule has 114 valence electrons. The van der Waals surface area contributed by atoms with Crippen LogP contribution in [0.15, 0.2) is 5.51 Å². The van der Waals surface area contributed by atoms with Crippen LogP contribution in [0.4, 0.5) is 0 Å². The molecule has 2 aromatic rings. The number of aromatic nitrogens is 2. The third-order valence-corrected chi connectivity index (χ3v) is 6.14. The van der Waals surface area contributed by atoms with Gasteiger partial charge in [-0.3, -0.25) is 4.79 Å². The molecule has 0 saturated heterocycles. The second-order valence-electron chi connectivity index (χ2n) is 5.85. The average Bonchev–Trinajstić information content (AvgIpc) is 3.09. The van der Waals surface area contributed by atoms with Gasteiger partial charge in [0.1, 0.15) is 5.01 Å². The Morgan fingerprint density at radius 3 is 2.91 bits per heavy atom. The van der Waals surface area contributed by atoms with Crippen molar-refractivity contribution >= 4 is 40.8 Å². The Kier molecular flexibility index (Phi) is 3.58. The second-order valence-corrected chi connectivity index (χ2v) is 7.85. The molecule has 1 fully saturated rings. The van der Waals surface area contributed by atoms with Gasteiger partial charge in [0.05, 0.1) is 27.7 Å². The first-order valence-corrected chi connectivity index (χ1v) is 9.26. The molecule has 0 aromatic carbocycles. The maximum atomic E-state index is 11.3. The lowest BCUT2D eigenvalue weighted by Crippen LogP contribution is -2.17. The Labute approximate surface area is 136 Å². The van der Waals surface area contributed by atoms with E-state index in [9.17, 15) is 9.90 Å². The molecule has 1 saturated carbocycles. The number of thiazole rings is 2. The summed E-state index contributed by atoms with van der Waals surface area (Å²) in [6.07, 6.45) is 9.20. The lowest BCUT2D eigenvalue weighted by atomic mass is 9.91. The maximum absolute atomic E-state index is 11.3. The fourth-order valence-corrected chi connectivity index (χ4v) is 4.79. The Bertz CT molecular complexity index is 743. The number of hydrogen-bond acceptors (Lipinski definition) is 5. The Hall–Kier alpha value is -1.53. The van der Waals surface area contributed by atoms with Gasteiger partial charge in [0.25, 0.3) is 0 Å². The van der Waals surface area contributed by atoms with Crippen molar-refractivity contribution in [3.8, 4) is 0 Å². The standard InChI is InChI=1S/C16H16N2O2S2/c19-16(20)10-2-1-3-12-15(10)18-13(22-12)7-6-11-14(9-4-5-9)17-8-21-11/h6-10H,1-5H2,(H,19,20)/b7-6+. The predicted molar refractivity (Wildman–Crippen MR) is 88.4 cm³/mol. The number of hydrogen-bond donors (Lipinski definition) is 1. The van der Waals surface area contributed by atoms with Crippen molar-refractivity contribution in [2.24, 2.45) is 0 Å². The number of carboxylic acid groups (broad SMARTS) is 1. The molecule has 6 heteroatoms. The van der Waals surface area contributed by atoms with Gasteiger partial charge in [0.2, 0.25) is 0 Å². The minimum Gasteiger partial charge on any atom is -0.481 e. The summed E-state index contributed by atoms with van der Waals surface area (Å²) in [6.45, 7) is 0. The Morgan fingerprint density at radius 2 is 2.14 bits per heavy atom. The van der Waals surface area contributed by atoms with E-state index in [1.807, 2.05) is 11.6 Å². The number of carboxylic acids is 1. The van der Waals surface area contributed by atoms with Crippen molar-refractivity contribution in [3.05, 3.63) is 31.7 Å². The summed E-state index contributed by atoms with van der Waals surface area (Å²) in [5.41, 5.74) is 3.90. The van der Waals surface area contributed by atoms with E-state index in [4.69, 9.17) is 0 Å². The number of nitrogens with zero attached hydrogens (tertiary/aromatic N) is 2. The number of fused-ring (bicyclic) bond motifs is 1. The topological polar surface area (TPSA) is 63.1 Å². The van der Waals surface area contributed by atoms with Crippen LogP contribution >= 0.6 is 22.7 Å². The molecule has 2 aliphatic carbocycles. The molecule has 1 atom stereocenters. The van der Waals surface area contributed by atoms with E-state index < -0.39 is 11.9 Å². The van der Waals surface area contributed by atoms with E-state index in [2.05, 4.69) is 16.0 Å². The lowest BCUT2D eigenvalue weighted by Gasteiger charge is -2.16. The van der Waals surface area contributed by atoms with Crippen molar-refractivity contribution < 1.29 is 9.90 Å². The number of aryl methyl sites for hydroxylation is 1. The lowest BCUT2D eigenvalue weighted by molar-refractivity contribution is -0.139. The van der Waals surface area contributed by atoms with Gasteiger partial charge in [-0.25, -0.2) is 9.97 Å². The summed E-state index contributed by atoms with van der Waals surface area (Å²) in [6, 6.07) is 0. The van der Waals surface area contributed by atoms with Crippen molar-refractivity contribution in [2.75, 3.05) is 0 Å². The summed E-state index contributed by atoms with van der Waals surface area (Å²) in [5, 5.41) is 10.2. The quantitative estimate of drug-likeness (QED) is 0.913. The van der Waals surface area contributed by atoms with Crippen molar-refractivity contribution in [3.63, 3.8) is 0 Å². The normalized spacial score (nSPS) is 21.2. The smallest absolute Gasteiger partial charge is 0.312 e. The summed E-state index contributed by atoms with van der Waals surface area (Å²) in [5.74, 6) is -0.528. The molecule has 4 nitrogen and oxygen atoms in total. The molecule has 0 aliphatic heterocycles. The predicted octanol–water partition coefficient (Wildman–Crippen LogP) is 4.15. The highest BCUT2D eigenvalue weighted by molar-refractivity contribution is 7.13. The molecule has 0 spiro atoms. The Balaban J connectivity index is 1.60. The van der Waals surface area contributed by atoms with Gasteiger partial charge in [-0.15, -0.1) is 22.7 Å². The molecule has 0 amide bonds. The highest BCUT2D eigenvalue weighted by Crippen LogP contribution is 2.42. The van der Waals surface area contributed by atoms with E-state index in [1.165, 1.54) is 23.4 Å². The zero-order valence-electron chi connectivity index (χ0n) is 12.0. The SMILES string of the molecule is O=C(O)C1CCCc2sc(/C=C/c3scnc3C3CC3)nc21. The molecule has 2 aliphatic rings. The van der Waals surface area contributed by atoms with Crippen LogP contribution in [0.1, 0.15) is 63.7 Å². The van der Waals surface area contributed by atoms with Crippen molar-refractivity contribution in [1.82, 2.24) is 9.97 Å². The number of carbonyl (C=O) groups is 1. The first kappa shape index (κ1) is 14.1. The third kappa shape index (κ3) is 2.61. The maximum Gasteiger partial charge on any atom is 0.312 e. The monoisotopic (exact) mass is 332 g/mol. The highest BCUT2D eigenvalue weighted by atomic mass is 32.1. The van der Waals surface area contributed by atoms with Gasteiger partial charge < -0.3 is 5.11 Å². The van der Waals surface area contributed by atoms with Crippen LogP contribution in [0.5, 0.6) is 0 Å². The molecular weight excluding hydrogens is 316 g/mol. The van der Waals surface area contributed by atoms with E-state index in [0.29, 0.717) is 12.3 Å². The van der Waals surface area contributed by atoms with Gasteiger partial charge in [-0.05, 0) is 44.3 Å². The van der Waals surface area contributed by atoms with E-state index in [-0.39, 0.29) is 0 Å². The highest BCUT2D eigenvalue weighted by Gasteiger charge is 2.30. The summed E-state index contributed by atoms with van der Waals surface area (Å²) < 4.78 is 0. The van der Waals surface area contributed by atoms with E-state index >= 15 is 0 Å². The molecule has 4 rings (SSSR count). The van der Waals surface area contributed by atoms with Crippen LogP contribution < -0.4 is 0 Å². The van der Waals surface area contributed by atoms with Gasteiger partial charge in [-0.2, -0.15) is 0 Å². The molecule has 2 aromatic heterocycles. The molecule has 0 radical (unpaired) electrons. The third-order valence-electron chi connectivity index (χ3n) is 4.23. The molecular formula is C16H16N2O2S2. The molecule has 1 unspecified atom stereocenters. The van der Waals surface area contributed by atoms with E-state index in [1.54, 1.807) is 22.7 Å². The minimum atomic E-state index is -0.750. The average molecular weight is 332 g/mol. The minimum absolute atomic E-state index is 0.424. The van der Waals surface area contributed by atoms with E-state index in [0.717, 1.165) is 28.4 Å². The van der Waals surface area contributed by atoms with Gasteiger partial charge >= 0.3 is 5.97 Å². The molecule has 2 heterocycles. The first-order chi connectivity index (χ1) is 10.7. The fourth-order valence-electron chi connectivity index (χ4n) is 2.95. The van der Waals surface area contributed by atoms with Crippen LogP contribution in [0.2, 0.25) is 0 Å². The number of rotatable bonds is 4. The zero-order valence-corrected chi connectivity index (χ0v) is 13.6. The fraction of sp³-hybridized carbons (Fsp3) is 0.438. The van der Waals surface area contributed by atoms with Gasteiger partial charge in [-0.1, -0.05) is 0 Å². The van der Waals surface area contributed by atoms with Crippen molar-refractivity contribution in [2.45, 2.75) is 43.9 Å². The van der Waals surface area contributed by atoms with Crippen LogP contribution in [-0.2, 0) is 11.2 Å². The largest absolute Gasteiger partial charge is 0.481 e. The summed E-state index contributed by atoms with van der Waals surface area (Å²) >= 11 is 3.29. The molecule has 1 N–H and O–H groups in total. The summed E-state index contributed by atoms with van der Waals surface area (Å²) in [4.78, 5) is 22.7. The first-order valence-electron chi connectivity index (χ1n) is 7.56. The molecule has 22 heavy (non-hydrogen) atoms. The van der Waals surface area contributed by atoms with Gasteiger partial charge in [0.15, 0.2) is 0 Å². The van der Waals surface area contributed by atoms with Gasteiger partial charge in [0, 0.05) is 10.8 Å². The van der Waals surface area contributed by atoms with Crippen LogP contribution in [-0.4, -0.2) is 21.0 Å². The molecule has 0 bridgehead atoms. The zero-order chi connectivity index (χ0) is 15.1. The summed E-state index contributed by atoms with van der Waals surface area (Å²) in [7, 11) is 0. The Morgan fingerprint density at radius 1 is 1.27 bits per heavy atom. The van der Waals surface area contributed by atoms with Crippen LogP contribution in [0.3, 0.4) is 0 Å². The van der Waals surface area contributed by atoms with Crippen LogP contribution in [0, 0.1) is 0 Å². The second kappa shape index (κ2) is 5.59. The van der Waals surface area contributed by atoms with Crippen molar-refractivity contribution in [1.29, 1.82) is 0 Å². The van der Waals surface area contributed by atoms with Crippen LogP contribution in [0.25, 0.3) is 12.2 Å².